The van der Waals surface area contributed by atoms with Crippen molar-refractivity contribution in [3.05, 3.63) is 48.2 Å². The van der Waals surface area contributed by atoms with E-state index in [1.54, 1.807) is 17.2 Å². The first-order valence-corrected chi connectivity index (χ1v) is 8.17. The number of ether oxygens (including phenoxy) is 1. The number of cyclic esters (lactones) is 1. The van der Waals surface area contributed by atoms with E-state index in [1.165, 1.54) is 0 Å². The molecule has 1 fully saturated rings. The van der Waals surface area contributed by atoms with Crippen molar-refractivity contribution < 1.29 is 9.53 Å². The molecule has 1 aliphatic heterocycles. The molecule has 3 rings (SSSR count). The summed E-state index contributed by atoms with van der Waals surface area (Å²) in [6, 6.07) is 11.6. The number of amides is 1. The first-order valence-electron chi connectivity index (χ1n) is 8.17. The molecule has 0 saturated carbocycles. The molecule has 2 heterocycles. The van der Waals surface area contributed by atoms with E-state index < -0.39 is 0 Å². The molecule has 6 heteroatoms. The minimum absolute atomic E-state index is 0.177. The Labute approximate surface area is 141 Å². The van der Waals surface area contributed by atoms with Gasteiger partial charge in [-0.05, 0) is 24.5 Å². The van der Waals surface area contributed by atoms with Crippen LogP contribution in [-0.2, 0) is 4.74 Å². The maximum atomic E-state index is 12.2. The van der Waals surface area contributed by atoms with Gasteiger partial charge in [-0.3, -0.25) is 4.90 Å². The van der Waals surface area contributed by atoms with Gasteiger partial charge in [-0.25, -0.2) is 9.78 Å². The number of hydrogen-bond acceptors (Lipinski definition) is 5. The zero-order chi connectivity index (χ0) is 17.1. The van der Waals surface area contributed by atoms with E-state index in [1.807, 2.05) is 30.3 Å². The molecular formula is C18H22N4O2. The smallest absolute Gasteiger partial charge is 0.416 e. The summed E-state index contributed by atoms with van der Waals surface area (Å²) in [6.07, 6.45) is 1.27. The molecule has 0 bridgehead atoms. The molecule has 0 spiro atoms. The van der Waals surface area contributed by atoms with E-state index in [4.69, 9.17) is 4.74 Å². The van der Waals surface area contributed by atoms with Gasteiger partial charge < -0.3 is 10.1 Å². The SMILES string of the molecule is CC(C)[C@H](C)Nc1nccc(N2C(=O)OC[C@@H]2c2ccccc2)n1. The highest BCUT2D eigenvalue weighted by atomic mass is 16.6. The number of anilines is 2. The summed E-state index contributed by atoms with van der Waals surface area (Å²) in [4.78, 5) is 22.6. The van der Waals surface area contributed by atoms with Gasteiger partial charge in [-0.15, -0.1) is 0 Å². The van der Waals surface area contributed by atoms with Crippen molar-refractivity contribution in [1.82, 2.24) is 9.97 Å². The average Bonchev–Trinajstić information content (AvgIpc) is 2.97. The van der Waals surface area contributed by atoms with Gasteiger partial charge in [0.2, 0.25) is 5.95 Å². The Hall–Kier alpha value is -2.63. The quantitative estimate of drug-likeness (QED) is 0.909. The van der Waals surface area contributed by atoms with E-state index in [0.29, 0.717) is 24.3 Å². The van der Waals surface area contributed by atoms with Gasteiger partial charge in [-0.1, -0.05) is 44.2 Å². The molecule has 24 heavy (non-hydrogen) atoms. The van der Waals surface area contributed by atoms with Crippen LogP contribution < -0.4 is 10.2 Å². The normalized spacial score (nSPS) is 18.6. The van der Waals surface area contributed by atoms with Gasteiger partial charge in [0.15, 0.2) is 0 Å². The lowest BCUT2D eigenvalue weighted by atomic mass is 10.1. The van der Waals surface area contributed by atoms with E-state index in [0.717, 1.165) is 5.56 Å². The van der Waals surface area contributed by atoms with Crippen LogP contribution in [0.5, 0.6) is 0 Å². The third-order valence-electron chi connectivity index (χ3n) is 4.30. The fraction of sp³-hybridized carbons (Fsp3) is 0.389. The number of carbonyl (C=O) groups is 1. The van der Waals surface area contributed by atoms with Gasteiger partial charge in [-0.2, -0.15) is 4.98 Å². The molecule has 126 valence electrons. The molecule has 1 aromatic heterocycles. The molecule has 1 saturated heterocycles. The maximum Gasteiger partial charge on any atom is 0.416 e. The standard InChI is InChI=1S/C18H22N4O2/c1-12(2)13(3)20-17-19-10-9-16(21-17)22-15(11-24-18(22)23)14-7-5-4-6-8-14/h4-10,12-13,15H,11H2,1-3H3,(H,19,20,21)/t13-,15+/m0/s1. The maximum absolute atomic E-state index is 12.2. The number of nitrogens with one attached hydrogen (secondary N) is 1. The van der Waals surface area contributed by atoms with E-state index >= 15 is 0 Å². The second-order valence-corrected chi connectivity index (χ2v) is 6.29. The van der Waals surface area contributed by atoms with Gasteiger partial charge in [0, 0.05) is 12.2 Å². The molecule has 0 unspecified atom stereocenters. The Balaban J connectivity index is 1.87. The predicted molar refractivity (Wildman–Crippen MR) is 93.0 cm³/mol. The Morgan fingerprint density at radius 2 is 1.96 bits per heavy atom. The van der Waals surface area contributed by atoms with E-state index in [-0.39, 0.29) is 18.2 Å². The zero-order valence-electron chi connectivity index (χ0n) is 14.1. The van der Waals surface area contributed by atoms with Crippen molar-refractivity contribution >= 4 is 17.9 Å². The summed E-state index contributed by atoms with van der Waals surface area (Å²) in [5, 5.41) is 3.27. The topological polar surface area (TPSA) is 67.4 Å². The number of carbonyl (C=O) groups excluding carboxylic acids is 1. The number of benzene rings is 1. The van der Waals surface area contributed by atoms with Crippen molar-refractivity contribution in [2.24, 2.45) is 5.92 Å². The number of aromatic nitrogens is 2. The van der Waals surface area contributed by atoms with Crippen LogP contribution in [0.2, 0.25) is 0 Å². The Morgan fingerprint density at radius 1 is 1.21 bits per heavy atom. The predicted octanol–water partition coefficient (Wildman–Crippen LogP) is 3.63. The average molecular weight is 326 g/mol. The molecule has 1 amide bonds. The van der Waals surface area contributed by atoms with Crippen molar-refractivity contribution in [1.29, 1.82) is 0 Å². The van der Waals surface area contributed by atoms with Gasteiger partial charge in [0.25, 0.3) is 0 Å². The molecular weight excluding hydrogens is 304 g/mol. The van der Waals surface area contributed by atoms with Crippen LogP contribution >= 0.6 is 0 Å². The zero-order valence-corrected chi connectivity index (χ0v) is 14.1. The molecule has 1 aromatic carbocycles. The first kappa shape index (κ1) is 16.2. The molecule has 2 aromatic rings. The summed E-state index contributed by atoms with van der Waals surface area (Å²) in [5.74, 6) is 1.51. The lowest BCUT2D eigenvalue weighted by Gasteiger charge is -2.22. The summed E-state index contributed by atoms with van der Waals surface area (Å²) in [7, 11) is 0. The van der Waals surface area contributed by atoms with Crippen LogP contribution in [0.15, 0.2) is 42.6 Å². The monoisotopic (exact) mass is 326 g/mol. The Morgan fingerprint density at radius 3 is 2.67 bits per heavy atom. The fourth-order valence-corrected chi connectivity index (χ4v) is 2.52. The van der Waals surface area contributed by atoms with Crippen LogP contribution in [0, 0.1) is 5.92 Å². The first-order chi connectivity index (χ1) is 11.6. The van der Waals surface area contributed by atoms with Crippen LogP contribution in [0.4, 0.5) is 16.6 Å². The minimum atomic E-state index is -0.384. The second kappa shape index (κ2) is 6.86. The van der Waals surface area contributed by atoms with Crippen LogP contribution in [0.3, 0.4) is 0 Å². The van der Waals surface area contributed by atoms with Crippen LogP contribution in [0.1, 0.15) is 32.4 Å². The highest BCUT2D eigenvalue weighted by molar-refractivity contribution is 5.89. The third kappa shape index (κ3) is 3.32. The van der Waals surface area contributed by atoms with Crippen molar-refractivity contribution in [3.8, 4) is 0 Å². The van der Waals surface area contributed by atoms with Gasteiger partial charge in [0.05, 0.1) is 0 Å². The summed E-state index contributed by atoms with van der Waals surface area (Å²) < 4.78 is 5.25. The molecule has 2 atom stereocenters. The lowest BCUT2D eigenvalue weighted by Crippen LogP contribution is -2.29. The lowest BCUT2D eigenvalue weighted by molar-refractivity contribution is 0.179. The number of hydrogen-bond donors (Lipinski definition) is 1. The van der Waals surface area contributed by atoms with Crippen LogP contribution in [0.25, 0.3) is 0 Å². The second-order valence-electron chi connectivity index (χ2n) is 6.29. The van der Waals surface area contributed by atoms with Crippen LogP contribution in [-0.4, -0.2) is 28.7 Å². The molecule has 0 radical (unpaired) electrons. The van der Waals surface area contributed by atoms with Gasteiger partial charge >= 0.3 is 6.09 Å². The summed E-state index contributed by atoms with van der Waals surface area (Å²) in [5.41, 5.74) is 1.02. The summed E-state index contributed by atoms with van der Waals surface area (Å²) >= 11 is 0. The minimum Gasteiger partial charge on any atom is -0.447 e. The van der Waals surface area contributed by atoms with Crippen molar-refractivity contribution in [2.75, 3.05) is 16.8 Å². The molecule has 1 N–H and O–H groups in total. The van der Waals surface area contributed by atoms with E-state index in [9.17, 15) is 4.79 Å². The number of rotatable bonds is 5. The highest BCUT2D eigenvalue weighted by Crippen LogP contribution is 2.32. The fourth-order valence-electron chi connectivity index (χ4n) is 2.52. The molecule has 1 aliphatic rings. The summed E-state index contributed by atoms with van der Waals surface area (Å²) in [6.45, 7) is 6.66. The van der Waals surface area contributed by atoms with E-state index in [2.05, 4.69) is 36.1 Å². The molecule has 6 nitrogen and oxygen atoms in total. The van der Waals surface area contributed by atoms with Crippen molar-refractivity contribution in [3.63, 3.8) is 0 Å². The number of nitrogens with zero attached hydrogens (tertiary/aromatic N) is 3. The largest absolute Gasteiger partial charge is 0.447 e. The van der Waals surface area contributed by atoms with Gasteiger partial charge in [0.1, 0.15) is 18.5 Å². The Bertz CT molecular complexity index is 705. The molecule has 0 aliphatic carbocycles. The highest BCUT2D eigenvalue weighted by Gasteiger charge is 2.36. The van der Waals surface area contributed by atoms with Crippen molar-refractivity contribution in [2.45, 2.75) is 32.9 Å². The third-order valence-corrected chi connectivity index (χ3v) is 4.30. The Kier molecular flexibility index (Phi) is 4.64.